The Morgan fingerprint density at radius 1 is 1.12 bits per heavy atom. The Bertz CT molecular complexity index is 632. The van der Waals surface area contributed by atoms with Gasteiger partial charge in [0.05, 0.1) is 6.61 Å². The first-order chi connectivity index (χ1) is 12.4. The molecular weight excluding hydrogens is 336 g/mol. The van der Waals surface area contributed by atoms with Crippen molar-refractivity contribution in [3.05, 3.63) is 35.9 Å². The van der Waals surface area contributed by atoms with Crippen molar-refractivity contribution in [1.82, 2.24) is 10.6 Å². The van der Waals surface area contributed by atoms with Crippen LogP contribution in [0.2, 0.25) is 0 Å². The molecule has 0 radical (unpaired) electrons. The molecule has 1 amide bonds. The lowest BCUT2D eigenvalue weighted by Crippen LogP contribution is -2.45. The van der Waals surface area contributed by atoms with E-state index in [2.05, 4.69) is 10.6 Å². The average molecular weight is 362 g/mol. The second-order valence-electron chi connectivity index (χ2n) is 6.66. The van der Waals surface area contributed by atoms with Gasteiger partial charge in [0, 0.05) is 0 Å². The summed E-state index contributed by atoms with van der Waals surface area (Å²) in [5.74, 6) is -1.15. The fraction of sp³-hybridized carbons (Fsp3) is 0.526. The minimum atomic E-state index is -0.753. The van der Waals surface area contributed by atoms with Crippen molar-refractivity contribution in [1.29, 1.82) is 0 Å². The molecule has 3 atom stereocenters. The van der Waals surface area contributed by atoms with E-state index >= 15 is 0 Å². The number of ether oxygens (including phenoxy) is 2. The Hall–Kier alpha value is -2.41. The zero-order valence-electron chi connectivity index (χ0n) is 15.4. The van der Waals surface area contributed by atoms with Gasteiger partial charge in [-0.05, 0) is 24.8 Å². The molecule has 0 spiro atoms. The van der Waals surface area contributed by atoms with E-state index < -0.39 is 36.0 Å². The molecule has 1 aliphatic heterocycles. The molecule has 26 heavy (non-hydrogen) atoms. The number of amides is 1. The Morgan fingerprint density at radius 3 is 2.42 bits per heavy atom. The summed E-state index contributed by atoms with van der Waals surface area (Å²) >= 11 is 0. The maximum Gasteiger partial charge on any atom is 0.328 e. The van der Waals surface area contributed by atoms with E-state index in [0.29, 0.717) is 6.42 Å². The molecule has 142 valence electrons. The van der Waals surface area contributed by atoms with Crippen LogP contribution in [0.25, 0.3) is 0 Å². The second kappa shape index (κ2) is 9.33. The van der Waals surface area contributed by atoms with Crippen LogP contribution in [0.15, 0.2) is 30.3 Å². The van der Waals surface area contributed by atoms with Crippen LogP contribution in [0.5, 0.6) is 0 Å². The molecule has 1 aliphatic rings. The van der Waals surface area contributed by atoms with Crippen molar-refractivity contribution in [2.24, 2.45) is 5.92 Å². The summed E-state index contributed by atoms with van der Waals surface area (Å²) in [5, 5.41) is 5.46. The first-order valence-corrected chi connectivity index (χ1v) is 8.86. The number of hydrogen-bond donors (Lipinski definition) is 2. The minimum absolute atomic E-state index is 0.150. The molecule has 1 aromatic rings. The summed E-state index contributed by atoms with van der Waals surface area (Å²) in [7, 11) is 0. The molecule has 0 aromatic heterocycles. The summed E-state index contributed by atoms with van der Waals surface area (Å²) in [6.07, 6.45) is 0.455. The topological polar surface area (TPSA) is 104 Å². The first kappa shape index (κ1) is 19.9. The highest BCUT2D eigenvalue weighted by atomic mass is 16.5. The van der Waals surface area contributed by atoms with E-state index in [0.717, 1.165) is 5.56 Å². The number of nitrogens with one attached hydrogen (secondary N) is 2. The maximum atomic E-state index is 12.4. The van der Waals surface area contributed by atoms with E-state index in [1.165, 1.54) is 0 Å². The van der Waals surface area contributed by atoms with Crippen LogP contribution in [-0.4, -0.2) is 42.6 Å². The fourth-order valence-corrected chi connectivity index (χ4v) is 2.58. The standard InChI is InChI=1S/C19H26N2O5/c1-4-25-19(24)16-15(21-16)17(22)20-14(10-12(2)3)18(23)26-11-13-8-6-5-7-9-13/h5-9,12,14-16,21H,4,10-11H2,1-3H3,(H,20,22)/t14-,15+,16+/m0/s1. The molecular formula is C19H26N2O5. The molecule has 2 rings (SSSR count). The van der Waals surface area contributed by atoms with Gasteiger partial charge in [-0.15, -0.1) is 0 Å². The number of carbonyl (C=O) groups is 3. The van der Waals surface area contributed by atoms with Crippen molar-refractivity contribution in [3.63, 3.8) is 0 Å². The van der Waals surface area contributed by atoms with E-state index in [1.54, 1.807) is 6.92 Å². The molecule has 1 fully saturated rings. The Labute approximate surface area is 153 Å². The third-order valence-corrected chi connectivity index (χ3v) is 3.94. The summed E-state index contributed by atoms with van der Waals surface area (Å²) < 4.78 is 10.2. The normalized spacial score (nSPS) is 19.5. The van der Waals surface area contributed by atoms with Gasteiger partial charge in [-0.25, -0.2) is 4.79 Å². The van der Waals surface area contributed by atoms with Gasteiger partial charge in [-0.2, -0.15) is 0 Å². The highest BCUT2D eigenvalue weighted by Gasteiger charge is 2.49. The number of carbonyl (C=O) groups excluding carboxylic acids is 3. The zero-order chi connectivity index (χ0) is 19.1. The fourth-order valence-electron chi connectivity index (χ4n) is 2.58. The third-order valence-electron chi connectivity index (χ3n) is 3.94. The molecule has 1 saturated heterocycles. The predicted molar refractivity (Wildman–Crippen MR) is 95.0 cm³/mol. The van der Waals surface area contributed by atoms with Crippen molar-refractivity contribution >= 4 is 17.8 Å². The second-order valence-corrected chi connectivity index (χ2v) is 6.66. The third kappa shape index (κ3) is 5.84. The van der Waals surface area contributed by atoms with Gasteiger partial charge in [-0.1, -0.05) is 44.2 Å². The monoisotopic (exact) mass is 362 g/mol. The van der Waals surface area contributed by atoms with Gasteiger partial charge in [0.15, 0.2) is 0 Å². The quantitative estimate of drug-likeness (QED) is 0.505. The van der Waals surface area contributed by atoms with Crippen LogP contribution in [0.1, 0.15) is 32.8 Å². The Kier molecular flexibility index (Phi) is 7.15. The van der Waals surface area contributed by atoms with Crippen LogP contribution in [0.3, 0.4) is 0 Å². The van der Waals surface area contributed by atoms with Gasteiger partial charge in [0.25, 0.3) is 0 Å². The van der Waals surface area contributed by atoms with Gasteiger partial charge in [0.2, 0.25) is 5.91 Å². The summed E-state index contributed by atoms with van der Waals surface area (Å²) in [5.41, 5.74) is 0.877. The zero-order valence-corrected chi connectivity index (χ0v) is 15.4. The highest BCUT2D eigenvalue weighted by molar-refractivity contribution is 5.97. The van der Waals surface area contributed by atoms with E-state index in [1.807, 2.05) is 44.2 Å². The maximum absolute atomic E-state index is 12.4. The molecule has 0 bridgehead atoms. The smallest absolute Gasteiger partial charge is 0.328 e. The molecule has 0 saturated carbocycles. The summed E-state index contributed by atoms with van der Waals surface area (Å²) in [4.78, 5) is 36.3. The predicted octanol–water partition coefficient (Wildman–Crippen LogP) is 1.16. The lowest BCUT2D eigenvalue weighted by molar-refractivity contribution is -0.149. The van der Waals surface area contributed by atoms with Crippen LogP contribution in [0, 0.1) is 5.92 Å². The average Bonchev–Trinajstić information content (AvgIpc) is 3.41. The molecule has 7 heteroatoms. The van der Waals surface area contributed by atoms with Gasteiger partial charge in [-0.3, -0.25) is 14.9 Å². The molecule has 0 unspecified atom stereocenters. The first-order valence-electron chi connectivity index (χ1n) is 8.86. The lowest BCUT2D eigenvalue weighted by atomic mass is 10.0. The van der Waals surface area contributed by atoms with Crippen LogP contribution in [0.4, 0.5) is 0 Å². The SMILES string of the molecule is CCOC(=O)[C@@H]1N[C@H]1C(=O)N[C@@H](CC(C)C)C(=O)OCc1ccccc1. The molecule has 7 nitrogen and oxygen atoms in total. The molecule has 2 N–H and O–H groups in total. The molecule has 1 aromatic carbocycles. The Balaban J connectivity index is 1.89. The molecule has 0 aliphatic carbocycles. The number of benzene rings is 1. The minimum Gasteiger partial charge on any atom is -0.465 e. The van der Waals surface area contributed by atoms with E-state index in [9.17, 15) is 14.4 Å². The number of esters is 2. The summed E-state index contributed by atoms with van der Waals surface area (Å²) in [6, 6.07) is 7.28. The Morgan fingerprint density at radius 2 is 1.81 bits per heavy atom. The van der Waals surface area contributed by atoms with Crippen molar-refractivity contribution in [3.8, 4) is 0 Å². The van der Waals surface area contributed by atoms with E-state index in [-0.39, 0.29) is 19.1 Å². The van der Waals surface area contributed by atoms with Crippen molar-refractivity contribution in [2.75, 3.05) is 6.61 Å². The molecule has 1 heterocycles. The number of hydrogen-bond acceptors (Lipinski definition) is 6. The van der Waals surface area contributed by atoms with Gasteiger partial charge < -0.3 is 14.8 Å². The lowest BCUT2D eigenvalue weighted by Gasteiger charge is -2.19. The van der Waals surface area contributed by atoms with Crippen LogP contribution in [-0.2, 0) is 30.5 Å². The van der Waals surface area contributed by atoms with Crippen molar-refractivity contribution < 1.29 is 23.9 Å². The summed E-state index contributed by atoms with van der Waals surface area (Å²) in [6.45, 7) is 6.03. The van der Waals surface area contributed by atoms with Crippen LogP contribution < -0.4 is 10.6 Å². The van der Waals surface area contributed by atoms with Gasteiger partial charge in [0.1, 0.15) is 24.7 Å². The highest BCUT2D eigenvalue weighted by Crippen LogP contribution is 2.15. The van der Waals surface area contributed by atoms with E-state index in [4.69, 9.17) is 9.47 Å². The number of rotatable bonds is 9. The largest absolute Gasteiger partial charge is 0.465 e. The van der Waals surface area contributed by atoms with Gasteiger partial charge >= 0.3 is 11.9 Å². The van der Waals surface area contributed by atoms with Crippen molar-refractivity contribution in [2.45, 2.75) is 51.9 Å². The van der Waals surface area contributed by atoms with Crippen LogP contribution >= 0.6 is 0 Å².